The quantitative estimate of drug-likeness (QED) is 0.356. The minimum atomic E-state index is -0.413. The molecule has 8 nitrogen and oxygen atoms in total. The van der Waals surface area contributed by atoms with Gasteiger partial charge in [-0.15, -0.1) is 0 Å². The maximum absolute atomic E-state index is 13.6. The maximum Gasteiger partial charge on any atom is 0.257 e. The number of nitrogens with zero attached hydrogens (tertiary/aromatic N) is 2. The van der Waals surface area contributed by atoms with E-state index in [-0.39, 0.29) is 16.6 Å². The summed E-state index contributed by atoms with van der Waals surface area (Å²) in [7, 11) is 0. The van der Waals surface area contributed by atoms with Gasteiger partial charge in [0.15, 0.2) is 0 Å². The first-order valence-electron chi connectivity index (χ1n) is 13.4. The number of halogens is 1. The Morgan fingerprint density at radius 3 is 2.46 bits per heavy atom. The van der Waals surface area contributed by atoms with Gasteiger partial charge < -0.3 is 24.1 Å². The molecule has 39 heavy (non-hydrogen) atoms. The van der Waals surface area contributed by atoms with E-state index >= 15 is 0 Å². The fourth-order valence-electron chi connectivity index (χ4n) is 4.46. The number of nitrogens with one attached hydrogen (secondary N) is 1. The lowest BCUT2D eigenvalue weighted by molar-refractivity contribution is -0.0355. The number of rotatable bonds is 11. The number of carbonyl (C=O) groups excluding carboxylic acids is 1. The first-order valence-corrected chi connectivity index (χ1v) is 13.8. The van der Waals surface area contributed by atoms with Gasteiger partial charge in [-0.25, -0.2) is 0 Å². The van der Waals surface area contributed by atoms with E-state index in [4.69, 9.17) is 25.8 Å². The van der Waals surface area contributed by atoms with Crippen LogP contribution in [0.4, 0.5) is 0 Å². The van der Waals surface area contributed by atoms with Crippen LogP contribution in [0.3, 0.4) is 0 Å². The van der Waals surface area contributed by atoms with Gasteiger partial charge in [0.2, 0.25) is 5.43 Å². The van der Waals surface area contributed by atoms with E-state index in [9.17, 15) is 9.59 Å². The number of hydrogen-bond donors (Lipinski definition) is 1. The first kappa shape index (κ1) is 29.2. The number of pyridine rings is 1. The van der Waals surface area contributed by atoms with Gasteiger partial charge in [-0.3, -0.25) is 14.5 Å². The lowest BCUT2D eigenvalue weighted by Gasteiger charge is -2.26. The van der Waals surface area contributed by atoms with Crippen molar-refractivity contribution in [2.75, 3.05) is 46.1 Å². The van der Waals surface area contributed by atoms with Gasteiger partial charge in [-0.1, -0.05) is 29.8 Å². The predicted octanol–water partition coefficient (Wildman–Crippen LogP) is 4.25. The summed E-state index contributed by atoms with van der Waals surface area (Å²) >= 11 is 5.97. The van der Waals surface area contributed by atoms with Gasteiger partial charge in [-0.2, -0.15) is 0 Å². The fraction of sp³-hybridized carbons (Fsp3) is 0.467. The predicted molar refractivity (Wildman–Crippen MR) is 153 cm³/mol. The molecule has 0 atom stereocenters. The Hall–Kier alpha value is -2.75. The minimum Gasteiger partial charge on any atom is -0.379 e. The van der Waals surface area contributed by atoms with E-state index < -0.39 is 5.91 Å². The van der Waals surface area contributed by atoms with Gasteiger partial charge in [0, 0.05) is 49.3 Å². The third-order valence-corrected chi connectivity index (χ3v) is 6.76. The summed E-state index contributed by atoms with van der Waals surface area (Å²) in [5, 5.41) is 4.03. The molecule has 0 spiro atoms. The van der Waals surface area contributed by atoms with Crippen LogP contribution in [0.5, 0.6) is 0 Å². The van der Waals surface area contributed by atoms with Crippen molar-refractivity contribution in [2.45, 2.75) is 46.0 Å². The summed E-state index contributed by atoms with van der Waals surface area (Å²) in [4.78, 5) is 29.1. The van der Waals surface area contributed by atoms with Crippen LogP contribution in [-0.4, -0.2) is 67.1 Å². The maximum atomic E-state index is 13.6. The second kappa shape index (κ2) is 13.5. The van der Waals surface area contributed by atoms with Gasteiger partial charge >= 0.3 is 0 Å². The molecule has 0 radical (unpaired) electrons. The Morgan fingerprint density at radius 2 is 1.74 bits per heavy atom. The van der Waals surface area contributed by atoms with Crippen LogP contribution in [0.25, 0.3) is 10.9 Å². The van der Waals surface area contributed by atoms with Crippen molar-refractivity contribution >= 4 is 28.4 Å². The molecule has 1 aliphatic rings. The molecule has 2 heterocycles. The number of ether oxygens (including phenoxy) is 3. The largest absolute Gasteiger partial charge is 0.379 e. The Labute approximate surface area is 234 Å². The monoisotopic (exact) mass is 555 g/mol. The molecule has 1 fully saturated rings. The van der Waals surface area contributed by atoms with Crippen LogP contribution < -0.4 is 10.7 Å². The van der Waals surface area contributed by atoms with Crippen LogP contribution in [0.1, 0.15) is 42.3 Å². The molecule has 4 rings (SSSR count). The Morgan fingerprint density at radius 1 is 1.03 bits per heavy atom. The average molecular weight is 556 g/mol. The zero-order valence-electron chi connectivity index (χ0n) is 23.0. The van der Waals surface area contributed by atoms with Gasteiger partial charge in [0.05, 0.1) is 44.2 Å². The van der Waals surface area contributed by atoms with E-state index in [1.165, 1.54) is 0 Å². The molecular weight excluding hydrogens is 518 g/mol. The topological polar surface area (TPSA) is 82.0 Å². The number of morpholine rings is 1. The normalized spacial score (nSPS) is 14.6. The smallest absolute Gasteiger partial charge is 0.257 e. The van der Waals surface area contributed by atoms with Gasteiger partial charge in [-0.05, 0) is 56.2 Å². The highest BCUT2D eigenvalue weighted by atomic mass is 35.5. The van der Waals surface area contributed by atoms with E-state index in [1.807, 2.05) is 55.7 Å². The van der Waals surface area contributed by atoms with Gasteiger partial charge in [0.1, 0.15) is 5.56 Å². The highest BCUT2D eigenvalue weighted by Gasteiger charge is 2.17. The zero-order valence-corrected chi connectivity index (χ0v) is 23.8. The number of hydrogen-bond acceptors (Lipinski definition) is 6. The summed E-state index contributed by atoms with van der Waals surface area (Å²) in [6.45, 7) is 12.0. The van der Waals surface area contributed by atoms with E-state index in [0.717, 1.165) is 36.3 Å². The van der Waals surface area contributed by atoms with E-state index in [2.05, 4.69) is 10.2 Å². The molecule has 0 bridgehead atoms. The highest BCUT2D eigenvalue weighted by molar-refractivity contribution is 6.30. The van der Waals surface area contributed by atoms with Gasteiger partial charge in [0.25, 0.3) is 5.91 Å². The molecule has 1 saturated heterocycles. The fourth-order valence-corrected chi connectivity index (χ4v) is 4.58. The molecule has 1 aliphatic heterocycles. The zero-order chi connectivity index (χ0) is 27.8. The van der Waals surface area contributed by atoms with Crippen LogP contribution in [0.15, 0.2) is 53.5 Å². The molecule has 210 valence electrons. The molecule has 0 aliphatic carbocycles. The summed E-state index contributed by atoms with van der Waals surface area (Å²) in [5.41, 5.74) is 2.31. The summed E-state index contributed by atoms with van der Waals surface area (Å²) in [5.74, 6) is -0.413. The van der Waals surface area contributed by atoms with Crippen LogP contribution >= 0.6 is 11.6 Å². The van der Waals surface area contributed by atoms with E-state index in [1.54, 1.807) is 18.3 Å². The molecule has 3 aromatic rings. The number of benzene rings is 2. The second-order valence-electron chi connectivity index (χ2n) is 10.7. The lowest BCUT2D eigenvalue weighted by Crippen LogP contribution is -2.35. The molecule has 0 saturated carbocycles. The molecule has 1 N–H and O–H groups in total. The van der Waals surface area contributed by atoms with Crippen molar-refractivity contribution in [1.82, 2.24) is 14.8 Å². The number of amides is 1. The van der Waals surface area contributed by atoms with E-state index in [0.29, 0.717) is 56.5 Å². The lowest BCUT2D eigenvalue weighted by atomic mass is 10.1. The SMILES string of the molecule is CC(C)(C)OCCOCCn1cc(C(=O)NCc2ccc(Cl)cc2)c(=O)c2cc(CN3CCOCC3)ccc21. The van der Waals surface area contributed by atoms with Crippen LogP contribution in [0, 0.1) is 0 Å². The van der Waals surface area contributed by atoms with Crippen molar-refractivity contribution in [1.29, 1.82) is 0 Å². The molecule has 1 aromatic heterocycles. The summed E-state index contributed by atoms with van der Waals surface area (Å²) < 4.78 is 18.9. The Kier molecular flexibility index (Phi) is 10.2. The van der Waals surface area contributed by atoms with Crippen molar-refractivity contribution in [3.63, 3.8) is 0 Å². The number of carbonyl (C=O) groups is 1. The average Bonchev–Trinajstić information content (AvgIpc) is 2.91. The van der Waals surface area contributed by atoms with Crippen molar-refractivity contribution in [3.8, 4) is 0 Å². The minimum absolute atomic E-state index is 0.107. The third kappa shape index (κ3) is 8.62. The summed E-state index contributed by atoms with van der Waals surface area (Å²) in [6, 6.07) is 13.2. The molecule has 0 unspecified atom stereocenters. The number of fused-ring (bicyclic) bond motifs is 1. The molecule has 9 heteroatoms. The Balaban J connectivity index is 1.54. The van der Waals surface area contributed by atoms with Crippen molar-refractivity contribution in [3.05, 3.63) is 80.6 Å². The third-order valence-electron chi connectivity index (χ3n) is 6.50. The molecule has 1 amide bonds. The molecule has 2 aromatic carbocycles. The highest BCUT2D eigenvalue weighted by Crippen LogP contribution is 2.17. The van der Waals surface area contributed by atoms with Crippen LogP contribution in [-0.2, 0) is 33.8 Å². The first-order chi connectivity index (χ1) is 18.7. The van der Waals surface area contributed by atoms with Crippen molar-refractivity contribution in [2.24, 2.45) is 0 Å². The van der Waals surface area contributed by atoms with Crippen LogP contribution in [0.2, 0.25) is 5.02 Å². The summed E-state index contributed by atoms with van der Waals surface area (Å²) in [6.07, 6.45) is 1.64. The Bertz CT molecular complexity index is 1310. The second-order valence-corrected chi connectivity index (χ2v) is 11.1. The number of aromatic nitrogens is 1. The van der Waals surface area contributed by atoms with Crippen molar-refractivity contribution < 1.29 is 19.0 Å². The molecular formula is C30H38ClN3O5. The standard InChI is InChI=1S/C30H38ClN3O5/c1-30(2,3)39-17-16-38-15-12-34-21-26(29(36)32-19-22-4-7-24(31)8-5-22)28(35)25-18-23(6-9-27(25)34)20-33-10-13-37-14-11-33/h4-9,18,21H,10-17,19-20H2,1-3H3,(H,32,36).